The highest BCUT2D eigenvalue weighted by atomic mass is 79.9. The second kappa shape index (κ2) is 5.93. The van der Waals surface area contributed by atoms with Gasteiger partial charge in [-0.25, -0.2) is 4.98 Å². The Labute approximate surface area is 113 Å². The van der Waals surface area contributed by atoms with Crippen molar-refractivity contribution in [1.29, 1.82) is 0 Å². The molecule has 2 heterocycles. The molecule has 0 radical (unpaired) electrons. The number of nitrogens with zero attached hydrogens (tertiary/aromatic N) is 3. The van der Waals surface area contributed by atoms with Crippen LogP contribution in [0.25, 0.3) is 0 Å². The van der Waals surface area contributed by atoms with Crippen LogP contribution in [0.3, 0.4) is 0 Å². The molecule has 0 saturated carbocycles. The maximum atomic E-state index is 5.72. The van der Waals surface area contributed by atoms with E-state index >= 15 is 0 Å². The van der Waals surface area contributed by atoms with E-state index in [1.807, 2.05) is 12.1 Å². The summed E-state index contributed by atoms with van der Waals surface area (Å²) in [5.41, 5.74) is 1.23. The quantitative estimate of drug-likeness (QED) is 0.882. The van der Waals surface area contributed by atoms with Crippen molar-refractivity contribution in [3.8, 4) is 0 Å². The normalized spacial score (nSPS) is 10.2. The van der Waals surface area contributed by atoms with Gasteiger partial charge in [0.2, 0.25) is 5.28 Å². The molecular formula is C11H10BrClN4. The summed E-state index contributed by atoms with van der Waals surface area (Å²) >= 11 is 9.08. The summed E-state index contributed by atoms with van der Waals surface area (Å²) in [6.07, 6.45) is 6.10. The standard InChI is InChI=1S/C11H10BrClN4/c12-9-7-16-11(13)17-10(9)15-6-3-8-1-4-14-5-2-8/h1-2,4-5,7H,3,6H2,(H,15,16,17). The average molecular weight is 314 g/mol. The van der Waals surface area contributed by atoms with E-state index < -0.39 is 0 Å². The van der Waals surface area contributed by atoms with Gasteiger partial charge in [-0.2, -0.15) is 4.98 Å². The first-order chi connectivity index (χ1) is 8.25. The highest BCUT2D eigenvalue weighted by Gasteiger charge is 2.02. The topological polar surface area (TPSA) is 50.7 Å². The number of hydrogen-bond acceptors (Lipinski definition) is 4. The van der Waals surface area contributed by atoms with Crippen LogP contribution in [-0.2, 0) is 6.42 Å². The Bertz CT molecular complexity index is 492. The van der Waals surface area contributed by atoms with E-state index in [0.29, 0.717) is 5.82 Å². The van der Waals surface area contributed by atoms with Crippen LogP contribution in [0.2, 0.25) is 5.28 Å². The van der Waals surface area contributed by atoms with Gasteiger partial charge in [0.25, 0.3) is 0 Å². The fourth-order valence-corrected chi connectivity index (χ4v) is 1.81. The van der Waals surface area contributed by atoms with Crippen molar-refractivity contribution in [1.82, 2.24) is 15.0 Å². The predicted molar refractivity (Wildman–Crippen MR) is 71.2 cm³/mol. The average Bonchev–Trinajstić information content (AvgIpc) is 2.35. The molecule has 2 rings (SSSR count). The summed E-state index contributed by atoms with van der Waals surface area (Å²) in [5.74, 6) is 0.707. The monoisotopic (exact) mass is 312 g/mol. The van der Waals surface area contributed by atoms with Crippen LogP contribution in [0.15, 0.2) is 35.2 Å². The lowest BCUT2D eigenvalue weighted by atomic mass is 10.2. The zero-order valence-electron chi connectivity index (χ0n) is 8.90. The van der Waals surface area contributed by atoms with E-state index in [1.165, 1.54) is 5.56 Å². The number of aromatic nitrogens is 3. The van der Waals surface area contributed by atoms with Crippen molar-refractivity contribution < 1.29 is 0 Å². The minimum atomic E-state index is 0.236. The van der Waals surface area contributed by atoms with E-state index in [4.69, 9.17) is 11.6 Å². The van der Waals surface area contributed by atoms with Gasteiger partial charge in [0.1, 0.15) is 5.82 Å². The van der Waals surface area contributed by atoms with E-state index in [1.54, 1.807) is 18.6 Å². The third kappa shape index (κ3) is 3.64. The number of pyridine rings is 1. The Balaban J connectivity index is 1.92. The van der Waals surface area contributed by atoms with Crippen molar-refractivity contribution in [2.75, 3.05) is 11.9 Å². The zero-order valence-corrected chi connectivity index (χ0v) is 11.2. The molecule has 0 aliphatic rings. The minimum Gasteiger partial charge on any atom is -0.369 e. The second-order valence-electron chi connectivity index (χ2n) is 3.37. The maximum absolute atomic E-state index is 5.72. The molecule has 0 atom stereocenters. The number of anilines is 1. The lowest BCUT2D eigenvalue weighted by Gasteiger charge is -2.07. The summed E-state index contributed by atoms with van der Waals surface area (Å²) in [6.45, 7) is 0.774. The Morgan fingerprint density at radius 1 is 1.29 bits per heavy atom. The molecule has 0 aliphatic heterocycles. The van der Waals surface area contributed by atoms with Gasteiger partial charge < -0.3 is 5.32 Å². The van der Waals surface area contributed by atoms with E-state index in [-0.39, 0.29) is 5.28 Å². The van der Waals surface area contributed by atoms with Gasteiger partial charge >= 0.3 is 0 Å². The van der Waals surface area contributed by atoms with Crippen LogP contribution < -0.4 is 5.32 Å². The summed E-state index contributed by atoms with van der Waals surface area (Å²) in [5, 5.41) is 3.44. The highest BCUT2D eigenvalue weighted by molar-refractivity contribution is 9.10. The fourth-order valence-electron chi connectivity index (χ4n) is 1.34. The molecule has 4 nitrogen and oxygen atoms in total. The number of hydrogen-bond donors (Lipinski definition) is 1. The van der Waals surface area contributed by atoms with Crippen LogP contribution in [0.4, 0.5) is 5.82 Å². The third-order valence-electron chi connectivity index (χ3n) is 2.17. The molecule has 0 unspecified atom stereocenters. The first kappa shape index (κ1) is 12.3. The number of rotatable bonds is 4. The van der Waals surface area contributed by atoms with Crippen molar-refractivity contribution in [2.45, 2.75) is 6.42 Å². The van der Waals surface area contributed by atoms with Crippen LogP contribution in [-0.4, -0.2) is 21.5 Å². The molecule has 0 spiro atoms. The van der Waals surface area contributed by atoms with Crippen molar-refractivity contribution in [2.24, 2.45) is 0 Å². The van der Waals surface area contributed by atoms with E-state index in [9.17, 15) is 0 Å². The third-order valence-corrected chi connectivity index (χ3v) is 2.93. The lowest BCUT2D eigenvalue weighted by molar-refractivity contribution is 0.990. The molecule has 17 heavy (non-hydrogen) atoms. The van der Waals surface area contributed by atoms with Crippen LogP contribution >= 0.6 is 27.5 Å². The lowest BCUT2D eigenvalue weighted by Crippen LogP contribution is -2.07. The summed E-state index contributed by atoms with van der Waals surface area (Å²) < 4.78 is 0.802. The molecule has 0 bridgehead atoms. The summed E-state index contributed by atoms with van der Waals surface area (Å²) in [6, 6.07) is 3.98. The summed E-state index contributed by atoms with van der Waals surface area (Å²) in [7, 11) is 0. The van der Waals surface area contributed by atoms with Gasteiger partial charge in [-0.15, -0.1) is 0 Å². The number of halogens is 2. The minimum absolute atomic E-state index is 0.236. The van der Waals surface area contributed by atoms with Crippen molar-refractivity contribution >= 4 is 33.3 Å². The van der Waals surface area contributed by atoms with Crippen LogP contribution in [0, 0.1) is 0 Å². The molecular weight excluding hydrogens is 304 g/mol. The molecule has 0 amide bonds. The van der Waals surface area contributed by atoms with Gasteiger partial charge in [-0.1, -0.05) is 0 Å². The SMILES string of the molecule is Clc1ncc(Br)c(NCCc2ccncc2)n1. The maximum Gasteiger partial charge on any atom is 0.224 e. The first-order valence-electron chi connectivity index (χ1n) is 5.06. The van der Waals surface area contributed by atoms with E-state index in [2.05, 4.69) is 36.2 Å². The Morgan fingerprint density at radius 2 is 2.06 bits per heavy atom. The Hall–Kier alpha value is -1.20. The van der Waals surface area contributed by atoms with Gasteiger partial charge in [-0.05, 0) is 51.6 Å². The highest BCUT2D eigenvalue weighted by Crippen LogP contribution is 2.19. The molecule has 2 aromatic rings. The molecule has 1 N–H and O–H groups in total. The molecule has 2 aromatic heterocycles. The molecule has 6 heteroatoms. The number of nitrogens with one attached hydrogen (secondary N) is 1. The zero-order chi connectivity index (χ0) is 12.1. The summed E-state index contributed by atoms with van der Waals surface area (Å²) in [4.78, 5) is 11.9. The van der Waals surface area contributed by atoms with Crippen molar-refractivity contribution in [3.05, 3.63) is 46.0 Å². The largest absolute Gasteiger partial charge is 0.369 e. The van der Waals surface area contributed by atoms with Gasteiger partial charge in [0.15, 0.2) is 0 Å². The first-order valence-corrected chi connectivity index (χ1v) is 6.23. The van der Waals surface area contributed by atoms with Crippen molar-refractivity contribution in [3.63, 3.8) is 0 Å². The molecule has 0 fully saturated rings. The predicted octanol–water partition coefficient (Wildman–Crippen LogP) is 2.94. The Morgan fingerprint density at radius 3 is 2.82 bits per heavy atom. The van der Waals surface area contributed by atoms with Crippen LogP contribution in [0.5, 0.6) is 0 Å². The molecule has 0 saturated heterocycles. The molecule has 88 valence electrons. The van der Waals surface area contributed by atoms with Gasteiger partial charge in [-0.3, -0.25) is 4.98 Å². The smallest absolute Gasteiger partial charge is 0.224 e. The fraction of sp³-hybridized carbons (Fsp3) is 0.182. The molecule has 0 aliphatic carbocycles. The Kier molecular flexibility index (Phi) is 4.28. The van der Waals surface area contributed by atoms with E-state index in [0.717, 1.165) is 17.4 Å². The van der Waals surface area contributed by atoms with Crippen LogP contribution in [0.1, 0.15) is 5.56 Å². The molecule has 0 aromatic carbocycles. The second-order valence-corrected chi connectivity index (χ2v) is 4.56. The van der Waals surface area contributed by atoms with Gasteiger partial charge in [0, 0.05) is 25.1 Å². The van der Waals surface area contributed by atoms with Gasteiger partial charge in [0.05, 0.1) is 4.47 Å².